The topological polar surface area (TPSA) is 152 Å². The Labute approximate surface area is 369 Å². The molecule has 0 atom stereocenters. The molecule has 6 amide bonds. The molecular formula is C46H50Cl2F2N6O6. The lowest BCUT2D eigenvalue weighted by Crippen LogP contribution is -2.55. The molecule has 0 spiro atoms. The van der Waals surface area contributed by atoms with Crippen molar-refractivity contribution in [3.63, 3.8) is 0 Å². The predicted molar refractivity (Wildman–Crippen MR) is 235 cm³/mol. The third-order valence-corrected chi connectivity index (χ3v) is 12.5. The zero-order chi connectivity index (χ0) is 44.6. The normalized spacial score (nSPS) is 15.6. The maximum atomic E-state index is 13.5. The third-order valence-electron chi connectivity index (χ3n) is 12.1. The van der Waals surface area contributed by atoms with Crippen molar-refractivity contribution in [2.24, 2.45) is 22.3 Å². The minimum absolute atomic E-state index is 0.0242. The molecule has 0 unspecified atom stereocenters. The number of urea groups is 2. The van der Waals surface area contributed by atoms with Crippen LogP contribution in [-0.2, 0) is 22.4 Å². The Hall–Kier alpha value is -5.86. The Balaban J connectivity index is 1.14. The quantitative estimate of drug-likeness (QED) is 0.0955. The van der Waals surface area contributed by atoms with Crippen LogP contribution in [0.3, 0.4) is 0 Å². The monoisotopic (exact) mass is 890 g/mol. The van der Waals surface area contributed by atoms with Crippen molar-refractivity contribution in [3.05, 3.63) is 130 Å². The summed E-state index contributed by atoms with van der Waals surface area (Å²) in [6.07, 6.45) is 6.94. The lowest BCUT2D eigenvalue weighted by Gasteiger charge is -2.41. The summed E-state index contributed by atoms with van der Waals surface area (Å²) in [5.41, 5.74) is 13.3. The average Bonchev–Trinajstić information content (AvgIpc) is 3.26. The minimum Gasteiger partial charge on any atom is -0.482 e. The van der Waals surface area contributed by atoms with Gasteiger partial charge in [-0.25, -0.2) is 18.4 Å². The number of amides is 6. The standard InChI is InChI=1S/C46H50Cl2F2N6O6/c1-3-45(27-31-5-11-35(49)12-6-31)17-21-53(22-18-45)41(57)29-61-39-15-9-33(47)25-37(39)55(43(51)59)56(44(52)60)38-26-34(48)10-16-40(38)62-30-42(58)54-23-19-46(4-2,20-24-54)28-32-7-13-36(50)14-8-32/h3,5-16,25-26H,1,4,17-24,27-30H2,2H3,(H2,51,59)(H2,52,60). The number of carbonyl (C=O) groups is 4. The molecule has 2 saturated heterocycles. The number of rotatable bonds is 14. The first-order chi connectivity index (χ1) is 29.6. The van der Waals surface area contributed by atoms with E-state index in [-0.39, 0.29) is 67.2 Å². The Morgan fingerprint density at radius 3 is 1.47 bits per heavy atom. The van der Waals surface area contributed by atoms with Gasteiger partial charge in [0.05, 0.1) is 0 Å². The van der Waals surface area contributed by atoms with Gasteiger partial charge in [0.15, 0.2) is 13.2 Å². The van der Waals surface area contributed by atoms with Crippen molar-refractivity contribution in [3.8, 4) is 11.5 Å². The van der Waals surface area contributed by atoms with Gasteiger partial charge >= 0.3 is 12.1 Å². The number of piperidine rings is 2. The van der Waals surface area contributed by atoms with Gasteiger partial charge in [-0.1, -0.05) is 66.9 Å². The van der Waals surface area contributed by atoms with Crippen molar-refractivity contribution < 1.29 is 37.4 Å². The summed E-state index contributed by atoms with van der Waals surface area (Å²) < 4.78 is 39.0. The number of benzene rings is 4. The first-order valence-corrected chi connectivity index (χ1v) is 21.1. The number of nitrogens with zero attached hydrogens (tertiary/aromatic N) is 4. The Morgan fingerprint density at radius 2 is 1.08 bits per heavy atom. The molecule has 0 aromatic heterocycles. The number of likely N-dealkylation sites (tertiary alicyclic amines) is 2. The van der Waals surface area contributed by atoms with Crippen LogP contribution in [0.15, 0.2) is 97.6 Å². The van der Waals surface area contributed by atoms with Gasteiger partial charge in [-0.05, 0) is 121 Å². The van der Waals surface area contributed by atoms with Crippen LogP contribution in [0.1, 0.15) is 50.2 Å². The van der Waals surface area contributed by atoms with Gasteiger partial charge in [0.2, 0.25) is 0 Å². The highest BCUT2D eigenvalue weighted by molar-refractivity contribution is 6.31. The molecule has 2 fully saturated rings. The highest BCUT2D eigenvalue weighted by Gasteiger charge is 2.37. The molecular weight excluding hydrogens is 841 g/mol. The van der Waals surface area contributed by atoms with Gasteiger partial charge < -0.3 is 30.7 Å². The smallest absolute Gasteiger partial charge is 0.338 e. The molecule has 16 heteroatoms. The van der Waals surface area contributed by atoms with Crippen LogP contribution >= 0.6 is 23.2 Å². The SMILES string of the molecule is C=CC1(Cc2ccc(F)cc2)CCN(C(=O)COc2ccc(Cl)cc2N(C(N)=O)N(C(N)=O)c2cc(Cl)ccc2OCC(=O)N2CCC(CC)(Cc3ccc(F)cc3)CC2)CC1. The molecule has 62 heavy (non-hydrogen) atoms. The molecule has 4 aromatic rings. The van der Waals surface area contributed by atoms with E-state index in [2.05, 4.69) is 13.5 Å². The molecule has 0 aliphatic carbocycles. The number of nitrogens with two attached hydrogens (primary N) is 2. The number of anilines is 2. The summed E-state index contributed by atoms with van der Waals surface area (Å²) >= 11 is 12.8. The number of primary amides is 2. The number of hydrogen-bond donors (Lipinski definition) is 2. The maximum absolute atomic E-state index is 13.5. The van der Waals surface area contributed by atoms with Crippen LogP contribution in [0.5, 0.6) is 11.5 Å². The molecule has 12 nitrogen and oxygen atoms in total. The second-order valence-corrected chi connectivity index (χ2v) is 16.8. The molecule has 4 N–H and O–H groups in total. The van der Waals surface area contributed by atoms with E-state index < -0.39 is 25.3 Å². The highest BCUT2D eigenvalue weighted by atomic mass is 35.5. The molecule has 2 aliphatic heterocycles. The molecule has 2 heterocycles. The second kappa shape index (κ2) is 19.9. The zero-order valence-corrected chi connectivity index (χ0v) is 36.0. The van der Waals surface area contributed by atoms with Crippen LogP contribution in [0, 0.1) is 22.5 Å². The van der Waals surface area contributed by atoms with E-state index in [1.807, 2.05) is 6.08 Å². The fourth-order valence-corrected chi connectivity index (χ4v) is 8.58. The van der Waals surface area contributed by atoms with Crippen molar-refractivity contribution in [1.29, 1.82) is 0 Å². The molecule has 4 aromatic carbocycles. The van der Waals surface area contributed by atoms with Gasteiger partial charge in [-0.15, -0.1) is 6.58 Å². The first-order valence-electron chi connectivity index (χ1n) is 20.4. The summed E-state index contributed by atoms with van der Waals surface area (Å²) in [6.45, 7) is 7.11. The third kappa shape index (κ3) is 11.0. The number of carbonyl (C=O) groups excluding carboxylic acids is 4. The van der Waals surface area contributed by atoms with Crippen molar-refractivity contribution in [1.82, 2.24) is 9.80 Å². The zero-order valence-electron chi connectivity index (χ0n) is 34.5. The van der Waals surface area contributed by atoms with Crippen LogP contribution < -0.4 is 31.0 Å². The van der Waals surface area contributed by atoms with Crippen LogP contribution in [0.2, 0.25) is 10.0 Å². The van der Waals surface area contributed by atoms with E-state index in [1.165, 1.54) is 60.7 Å². The van der Waals surface area contributed by atoms with Crippen molar-refractivity contribution in [2.45, 2.75) is 51.9 Å². The molecule has 6 rings (SSSR count). The van der Waals surface area contributed by atoms with E-state index in [4.69, 9.17) is 44.1 Å². The Kier molecular flexibility index (Phi) is 14.6. The summed E-state index contributed by atoms with van der Waals surface area (Å²) in [4.78, 5) is 57.1. The Morgan fingerprint density at radius 1 is 0.677 bits per heavy atom. The van der Waals surface area contributed by atoms with Gasteiger partial charge in [-0.2, -0.15) is 10.0 Å². The molecule has 0 radical (unpaired) electrons. The highest BCUT2D eigenvalue weighted by Crippen LogP contribution is 2.41. The van der Waals surface area contributed by atoms with E-state index in [0.29, 0.717) is 45.4 Å². The fraction of sp³-hybridized carbons (Fsp3) is 0.348. The molecule has 0 bridgehead atoms. The first kappa shape index (κ1) is 45.7. The minimum atomic E-state index is -1.18. The van der Waals surface area contributed by atoms with Crippen LogP contribution in [0.25, 0.3) is 0 Å². The van der Waals surface area contributed by atoms with Gasteiger partial charge in [-0.3, -0.25) is 9.59 Å². The lowest BCUT2D eigenvalue weighted by atomic mass is 9.72. The van der Waals surface area contributed by atoms with E-state index in [1.54, 1.807) is 34.1 Å². The van der Waals surface area contributed by atoms with Crippen LogP contribution in [0.4, 0.5) is 29.7 Å². The second-order valence-electron chi connectivity index (χ2n) is 15.9. The fourth-order valence-electron chi connectivity index (χ4n) is 8.25. The maximum Gasteiger partial charge on any atom is 0.338 e. The number of hydrazine groups is 1. The van der Waals surface area contributed by atoms with E-state index >= 15 is 0 Å². The van der Waals surface area contributed by atoms with Gasteiger partial charge in [0.1, 0.15) is 34.5 Å². The summed E-state index contributed by atoms with van der Waals surface area (Å²) in [5, 5.41) is 1.71. The molecule has 2 aliphatic rings. The summed E-state index contributed by atoms with van der Waals surface area (Å²) in [6, 6.07) is 18.9. The van der Waals surface area contributed by atoms with E-state index in [0.717, 1.165) is 46.8 Å². The number of halogens is 4. The van der Waals surface area contributed by atoms with Gasteiger partial charge in [0.25, 0.3) is 11.8 Å². The van der Waals surface area contributed by atoms with Crippen molar-refractivity contribution in [2.75, 3.05) is 49.4 Å². The van der Waals surface area contributed by atoms with Crippen LogP contribution in [-0.4, -0.2) is 73.1 Å². The number of hydrogen-bond acceptors (Lipinski definition) is 6. The summed E-state index contributed by atoms with van der Waals surface area (Å²) in [7, 11) is 0. The molecule has 0 saturated carbocycles. The number of allylic oxidation sites excluding steroid dienone is 1. The largest absolute Gasteiger partial charge is 0.482 e. The summed E-state index contributed by atoms with van der Waals surface area (Å²) in [5.74, 6) is -1.30. The lowest BCUT2D eigenvalue weighted by molar-refractivity contribution is -0.136. The predicted octanol–water partition coefficient (Wildman–Crippen LogP) is 8.71. The van der Waals surface area contributed by atoms with Crippen molar-refractivity contribution >= 4 is 58.5 Å². The van der Waals surface area contributed by atoms with Gasteiger partial charge in [0, 0.05) is 36.2 Å². The average molecular weight is 892 g/mol. The molecule has 328 valence electrons. The number of ether oxygens (including phenoxy) is 2. The van der Waals surface area contributed by atoms with E-state index in [9.17, 15) is 28.0 Å². The Bertz CT molecular complexity index is 2270.